The second kappa shape index (κ2) is 10.4. The lowest BCUT2D eigenvalue weighted by Gasteiger charge is -2.47. The lowest BCUT2D eigenvalue weighted by molar-refractivity contribution is -0.136. The Balaban J connectivity index is 1.33. The number of anilines is 1. The summed E-state index contributed by atoms with van der Waals surface area (Å²) < 4.78 is 39.8. The number of nitrogens with zero attached hydrogens (tertiary/aromatic N) is 7. The first-order valence-corrected chi connectivity index (χ1v) is 14.9. The lowest BCUT2D eigenvalue weighted by atomic mass is 9.79. The average molecular weight is 608 g/mol. The fourth-order valence-corrected chi connectivity index (χ4v) is 7.24. The third-order valence-electron chi connectivity index (χ3n) is 9.30. The van der Waals surface area contributed by atoms with Gasteiger partial charge in [0.1, 0.15) is 23.8 Å². The van der Waals surface area contributed by atoms with Crippen LogP contribution in [0.2, 0.25) is 5.02 Å². The van der Waals surface area contributed by atoms with Gasteiger partial charge in [-0.1, -0.05) is 18.2 Å². The molecule has 1 amide bonds. The number of rotatable bonds is 6. The first kappa shape index (κ1) is 28.0. The highest BCUT2D eigenvalue weighted by Crippen LogP contribution is 2.45. The largest absolute Gasteiger partial charge is 0.462 e. The molecule has 0 radical (unpaired) electrons. The molecular formula is C31H32ClF2N7O2. The number of hydrogen-bond donors (Lipinski definition) is 0. The monoisotopic (exact) mass is 607 g/mol. The predicted octanol–water partition coefficient (Wildman–Crippen LogP) is 4.81. The maximum absolute atomic E-state index is 16.7. The number of ether oxygens (including phenoxy) is 1. The third-order valence-corrected chi connectivity index (χ3v) is 9.60. The first-order chi connectivity index (χ1) is 20.7. The summed E-state index contributed by atoms with van der Waals surface area (Å²) in [6, 6.07) is 4.79. The van der Waals surface area contributed by atoms with E-state index in [1.807, 2.05) is 0 Å². The third kappa shape index (κ3) is 4.60. The zero-order chi connectivity index (χ0) is 30.0. The van der Waals surface area contributed by atoms with Crippen LogP contribution in [-0.4, -0.2) is 87.9 Å². The Bertz CT molecular complexity index is 1790. The van der Waals surface area contributed by atoms with Crippen molar-refractivity contribution in [2.75, 3.05) is 51.3 Å². The van der Waals surface area contributed by atoms with E-state index in [0.29, 0.717) is 54.9 Å². The molecule has 4 aromatic rings. The van der Waals surface area contributed by atoms with E-state index >= 15 is 8.78 Å². The summed E-state index contributed by atoms with van der Waals surface area (Å²) >= 11 is 6.78. The van der Waals surface area contributed by atoms with Crippen LogP contribution in [-0.2, 0) is 11.8 Å². The molecule has 3 aliphatic heterocycles. The number of carbonyl (C=O) groups excluding carboxylic acids is 1. The Hall–Kier alpha value is -3.83. The molecule has 3 fully saturated rings. The molecule has 0 aliphatic carbocycles. The van der Waals surface area contributed by atoms with E-state index in [1.54, 1.807) is 30.3 Å². The van der Waals surface area contributed by atoms with E-state index < -0.39 is 11.6 Å². The standard InChI is InChI=1S/C31H32ClF2N7O2/c1-4-23(42)41-16-31(17-41)9-11-40(15-31)29-20-12-21(32)24(25-22(33)8-7-18-13-35-39(3)28(18)25)26(34)27(20)36-30(37-29)43-14-19-6-5-10-38(19)2/h4,7-8,12-13,19H,1,5-6,9-11,14-17H2,2-3H3/t19-/m0/s1. The number of benzene rings is 2. The molecule has 2 aromatic heterocycles. The van der Waals surface area contributed by atoms with E-state index in [9.17, 15) is 4.79 Å². The molecule has 7 rings (SSSR count). The molecule has 0 unspecified atom stereocenters. The van der Waals surface area contributed by atoms with E-state index in [0.717, 1.165) is 25.8 Å². The van der Waals surface area contributed by atoms with E-state index in [-0.39, 0.29) is 45.0 Å². The summed E-state index contributed by atoms with van der Waals surface area (Å²) in [7, 11) is 3.73. The van der Waals surface area contributed by atoms with E-state index in [4.69, 9.17) is 21.3 Å². The molecule has 1 spiro atoms. The first-order valence-electron chi connectivity index (χ1n) is 14.5. The van der Waals surface area contributed by atoms with Gasteiger partial charge in [0.05, 0.1) is 16.7 Å². The van der Waals surface area contributed by atoms with Crippen molar-refractivity contribution in [1.82, 2.24) is 29.5 Å². The van der Waals surface area contributed by atoms with Crippen LogP contribution in [0.3, 0.4) is 0 Å². The van der Waals surface area contributed by atoms with Crippen LogP contribution < -0.4 is 9.64 Å². The molecule has 0 saturated carbocycles. The van der Waals surface area contributed by atoms with Crippen molar-refractivity contribution in [1.29, 1.82) is 0 Å². The van der Waals surface area contributed by atoms with Crippen LogP contribution in [0.4, 0.5) is 14.6 Å². The summed E-state index contributed by atoms with van der Waals surface area (Å²) in [5.74, 6) is -0.934. The summed E-state index contributed by atoms with van der Waals surface area (Å²) in [6.07, 6.45) is 5.86. The topological polar surface area (TPSA) is 79.6 Å². The van der Waals surface area contributed by atoms with Crippen molar-refractivity contribution in [3.8, 4) is 17.1 Å². The molecule has 3 aliphatic rings. The summed E-state index contributed by atoms with van der Waals surface area (Å²) in [5, 5.41) is 5.37. The highest BCUT2D eigenvalue weighted by atomic mass is 35.5. The van der Waals surface area contributed by atoms with Crippen LogP contribution in [0.1, 0.15) is 19.3 Å². The normalized spacial score (nSPS) is 20.0. The SMILES string of the molecule is C=CC(=O)N1CC2(CCN(c3nc(OC[C@@H]4CCCN4C)nc4c(F)c(-c5c(F)ccc6cnn(C)c56)c(Cl)cc34)C2)C1. The highest BCUT2D eigenvalue weighted by Gasteiger charge is 2.49. The zero-order valence-electron chi connectivity index (χ0n) is 24.1. The second-order valence-electron chi connectivity index (χ2n) is 12.1. The van der Waals surface area contributed by atoms with Crippen molar-refractivity contribution in [3.63, 3.8) is 0 Å². The number of likely N-dealkylation sites (tertiary alicyclic amines) is 2. The fraction of sp³-hybridized carbons (Fsp3) is 0.419. The maximum Gasteiger partial charge on any atom is 0.319 e. The quantitative estimate of drug-likeness (QED) is 0.291. The van der Waals surface area contributed by atoms with Gasteiger partial charge in [-0.2, -0.15) is 15.1 Å². The molecule has 3 saturated heterocycles. The molecule has 5 heterocycles. The highest BCUT2D eigenvalue weighted by molar-refractivity contribution is 6.35. The van der Waals surface area contributed by atoms with Crippen LogP contribution in [0.15, 0.2) is 37.1 Å². The molecule has 2 aromatic carbocycles. The van der Waals surface area contributed by atoms with Crippen molar-refractivity contribution < 1.29 is 18.3 Å². The van der Waals surface area contributed by atoms with Crippen molar-refractivity contribution in [2.45, 2.75) is 25.3 Å². The number of aromatic nitrogens is 4. The summed E-state index contributed by atoms with van der Waals surface area (Å²) in [4.78, 5) is 27.5. The van der Waals surface area contributed by atoms with Crippen LogP contribution in [0.5, 0.6) is 6.01 Å². The molecular weight excluding hydrogens is 576 g/mol. The van der Waals surface area contributed by atoms with Gasteiger partial charge in [-0.25, -0.2) is 8.78 Å². The van der Waals surface area contributed by atoms with Gasteiger partial charge in [0.2, 0.25) is 5.91 Å². The Kier molecular flexibility index (Phi) is 6.77. The Morgan fingerprint density at radius 2 is 2.00 bits per heavy atom. The van der Waals surface area contributed by atoms with E-state index in [1.165, 1.54) is 16.8 Å². The second-order valence-corrected chi connectivity index (χ2v) is 12.5. The fourth-order valence-electron chi connectivity index (χ4n) is 6.96. The number of hydrogen-bond acceptors (Lipinski definition) is 7. The number of carbonyl (C=O) groups is 1. The van der Waals surface area contributed by atoms with Crippen molar-refractivity contribution in [2.24, 2.45) is 12.5 Å². The molecule has 12 heteroatoms. The number of aryl methyl sites for hydroxylation is 1. The van der Waals surface area contributed by atoms with Gasteiger partial charge < -0.3 is 19.4 Å². The van der Waals surface area contributed by atoms with Gasteiger partial charge in [-0.15, -0.1) is 0 Å². The minimum Gasteiger partial charge on any atom is -0.462 e. The minimum absolute atomic E-state index is 0.00997. The van der Waals surface area contributed by atoms with Crippen LogP contribution >= 0.6 is 11.6 Å². The maximum atomic E-state index is 16.7. The average Bonchev–Trinajstić information content (AvgIpc) is 3.70. The Morgan fingerprint density at radius 1 is 1.19 bits per heavy atom. The number of likely N-dealkylation sites (N-methyl/N-ethyl adjacent to an activating group) is 1. The Morgan fingerprint density at radius 3 is 2.74 bits per heavy atom. The summed E-state index contributed by atoms with van der Waals surface area (Å²) in [6.45, 7) is 7.50. The minimum atomic E-state index is -0.748. The Labute approximate surface area is 252 Å². The molecule has 224 valence electrons. The lowest BCUT2D eigenvalue weighted by Crippen LogP contribution is -2.59. The smallest absolute Gasteiger partial charge is 0.319 e. The van der Waals surface area contributed by atoms with Crippen molar-refractivity contribution in [3.05, 3.63) is 53.7 Å². The van der Waals surface area contributed by atoms with Gasteiger partial charge in [0.25, 0.3) is 0 Å². The van der Waals surface area contributed by atoms with Gasteiger partial charge in [-0.05, 0) is 57.1 Å². The molecule has 1 atom stereocenters. The predicted molar refractivity (Wildman–Crippen MR) is 161 cm³/mol. The van der Waals surface area contributed by atoms with Crippen LogP contribution in [0.25, 0.3) is 32.9 Å². The number of fused-ring (bicyclic) bond motifs is 2. The molecule has 0 N–H and O–H groups in total. The number of halogens is 3. The van der Waals surface area contributed by atoms with Crippen LogP contribution in [0, 0.1) is 17.0 Å². The molecule has 0 bridgehead atoms. The van der Waals surface area contributed by atoms with Gasteiger partial charge in [0, 0.05) is 66.6 Å². The van der Waals surface area contributed by atoms with Gasteiger partial charge >= 0.3 is 6.01 Å². The molecule has 43 heavy (non-hydrogen) atoms. The summed E-state index contributed by atoms with van der Waals surface area (Å²) in [5.41, 5.74) is 0.307. The van der Waals surface area contributed by atoms with Gasteiger partial charge in [-0.3, -0.25) is 9.48 Å². The zero-order valence-corrected chi connectivity index (χ0v) is 24.9. The molecule has 9 nitrogen and oxygen atoms in total. The number of amides is 1. The van der Waals surface area contributed by atoms with Crippen molar-refractivity contribution >= 4 is 45.1 Å². The van der Waals surface area contributed by atoms with Gasteiger partial charge in [0.15, 0.2) is 5.82 Å². The van der Waals surface area contributed by atoms with E-state index in [2.05, 4.69) is 33.5 Å².